The predicted molar refractivity (Wildman–Crippen MR) is 117 cm³/mol. The summed E-state index contributed by atoms with van der Waals surface area (Å²) in [6.07, 6.45) is 2.83. The number of hydrogen-bond donors (Lipinski definition) is 2. The van der Waals surface area contributed by atoms with Crippen LogP contribution in [0.25, 0.3) is 11.4 Å². The van der Waals surface area contributed by atoms with E-state index in [0.717, 1.165) is 5.69 Å². The van der Waals surface area contributed by atoms with Crippen molar-refractivity contribution in [3.05, 3.63) is 47.9 Å². The van der Waals surface area contributed by atoms with E-state index in [1.54, 1.807) is 42.2 Å². The monoisotopic (exact) mass is 429 g/mol. The van der Waals surface area contributed by atoms with Gasteiger partial charge in [0.15, 0.2) is 15.7 Å². The molecule has 3 aromatic rings. The minimum absolute atomic E-state index is 0.110. The lowest BCUT2D eigenvalue weighted by molar-refractivity contribution is 0.544. The van der Waals surface area contributed by atoms with Crippen LogP contribution in [0.3, 0.4) is 0 Å². The molecule has 3 rings (SSSR count). The zero-order valence-corrected chi connectivity index (χ0v) is 18.6. The summed E-state index contributed by atoms with van der Waals surface area (Å²) in [5.74, 6) is 7.25. The number of nitrogen functional groups attached to an aromatic ring is 1. The summed E-state index contributed by atoms with van der Waals surface area (Å²) in [7, 11) is -1.61. The first-order chi connectivity index (χ1) is 13.9. The van der Waals surface area contributed by atoms with Gasteiger partial charge in [0.25, 0.3) is 0 Å². The fraction of sp³-hybridized carbons (Fsp3) is 0.350. The molecule has 9 nitrogen and oxygen atoms in total. The number of hydrogen-bond acceptors (Lipinski definition) is 8. The molecule has 1 aromatic carbocycles. The van der Waals surface area contributed by atoms with Crippen LogP contribution in [0.2, 0.25) is 0 Å². The van der Waals surface area contributed by atoms with Gasteiger partial charge in [-0.05, 0) is 17.7 Å². The van der Waals surface area contributed by atoms with Crippen molar-refractivity contribution in [2.45, 2.75) is 37.6 Å². The second kappa shape index (κ2) is 7.69. The van der Waals surface area contributed by atoms with Crippen molar-refractivity contribution in [2.75, 3.05) is 17.0 Å². The molecule has 0 bridgehead atoms. The quantitative estimate of drug-likeness (QED) is 0.465. The highest BCUT2D eigenvalue weighted by molar-refractivity contribution is 7.90. The Kier molecular flexibility index (Phi) is 5.57. The topological polar surface area (TPSA) is 133 Å². The molecule has 0 saturated carbocycles. The van der Waals surface area contributed by atoms with Crippen LogP contribution >= 0.6 is 0 Å². The molecule has 0 atom stereocenters. The Morgan fingerprint density at radius 1 is 1.13 bits per heavy atom. The first kappa shape index (κ1) is 21.7. The maximum atomic E-state index is 12.2. The zero-order valence-electron chi connectivity index (χ0n) is 17.8. The van der Waals surface area contributed by atoms with E-state index >= 15 is 0 Å². The zero-order chi connectivity index (χ0) is 22.3. The minimum atomic E-state index is -3.41. The fourth-order valence-corrected chi connectivity index (χ4v) is 4.00. The SMILES string of the molecule is Cn1nccc1-c1nc(C(C)(C)C)nc(N(N)Cc2ccccc2S(C)(=O)=O)c1N. The normalized spacial score (nSPS) is 12.2. The Balaban J connectivity index is 2.13. The van der Waals surface area contributed by atoms with Gasteiger partial charge in [-0.2, -0.15) is 5.10 Å². The summed E-state index contributed by atoms with van der Waals surface area (Å²) in [5, 5.41) is 5.55. The Morgan fingerprint density at radius 2 is 1.80 bits per heavy atom. The van der Waals surface area contributed by atoms with Gasteiger partial charge in [0.05, 0.1) is 17.1 Å². The summed E-state index contributed by atoms with van der Waals surface area (Å²) in [6, 6.07) is 8.54. The number of nitrogens with zero attached hydrogens (tertiary/aromatic N) is 5. The lowest BCUT2D eigenvalue weighted by Crippen LogP contribution is -2.34. The summed E-state index contributed by atoms with van der Waals surface area (Å²) >= 11 is 0. The van der Waals surface area contributed by atoms with Crippen LogP contribution in [0.5, 0.6) is 0 Å². The number of benzene rings is 1. The van der Waals surface area contributed by atoms with Crippen LogP contribution < -0.4 is 16.6 Å². The van der Waals surface area contributed by atoms with Gasteiger partial charge in [-0.3, -0.25) is 9.69 Å². The van der Waals surface area contributed by atoms with Crippen LogP contribution in [0.1, 0.15) is 32.2 Å². The standard InChI is InChI=1S/C20H27N7O2S/c1-20(2,3)19-24-17(14-10-11-23-26(14)4)16(21)18(25-19)27(22)12-13-8-6-7-9-15(13)30(5,28)29/h6-11H,12,21-22H2,1-5H3. The maximum Gasteiger partial charge on any atom is 0.175 e. The molecule has 2 heterocycles. The molecule has 0 radical (unpaired) electrons. The average Bonchev–Trinajstić information content (AvgIpc) is 3.06. The van der Waals surface area contributed by atoms with Crippen molar-refractivity contribution in [3.63, 3.8) is 0 Å². The fourth-order valence-electron chi connectivity index (χ4n) is 3.07. The van der Waals surface area contributed by atoms with Gasteiger partial charge in [-0.1, -0.05) is 39.0 Å². The van der Waals surface area contributed by atoms with Gasteiger partial charge in [-0.15, -0.1) is 0 Å². The van der Waals surface area contributed by atoms with Gasteiger partial charge in [-0.25, -0.2) is 24.2 Å². The van der Waals surface area contributed by atoms with Crippen LogP contribution in [0, 0.1) is 0 Å². The van der Waals surface area contributed by atoms with E-state index < -0.39 is 9.84 Å². The molecule has 10 heteroatoms. The van der Waals surface area contributed by atoms with Crippen LogP contribution in [-0.4, -0.2) is 34.4 Å². The second-order valence-electron chi connectivity index (χ2n) is 8.23. The van der Waals surface area contributed by atoms with Gasteiger partial charge >= 0.3 is 0 Å². The molecular formula is C20H27N7O2S. The molecule has 0 aliphatic carbocycles. The number of nitrogens with two attached hydrogens (primary N) is 2. The molecule has 0 fully saturated rings. The number of aryl methyl sites for hydroxylation is 1. The third-order valence-corrected chi connectivity index (χ3v) is 5.84. The second-order valence-corrected chi connectivity index (χ2v) is 10.2. The van der Waals surface area contributed by atoms with E-state index in [1.807, 2.05) is 26.8 Å². The Hall–Kier alpha value is -2.98. The molecule has 0 spiro atoms. The number of hydrazine groups is 1. The van der Waals surface area contributed by atoms with Gasteiger partial charge < -0.3 is 5.73 Å². The van der Waals surface area contributed by atoms with E-state index in [9.17, 15) is 8.42 Å². The molecule has 0 unspecified atom stereocenters. The van der Waals surface area contributed by atoms with Crippen molar-refractivity contribution in [1.29, 1.82) is 0 Å². The average molecular weight is 430 g/mol. The lowest BCUT2D eigenvalue weighted by Gasteiger charge is -2.25. The van der Waals surface area contributed by atoms with Crippen molar-refractivity contribution in [2.24, 2.45) is 12.9 Å². The lowest BCUT2D eigenvalue weighted by atomic mass is 9.95. The maximum absolute atomic E-state index is 12.2. The van der Waals surface area contributed by atoms with Crippen LogP contribution in [0.15, 0.2) is 41.4 Å². The van der Waals surface area contributed by atoms with E-state index in [2.05, 4.69) is 15.1 Å². The highest BCUT2D eigenvalue weighted by Crippen LogP contribution is 2.33. The van der Waals surface area contributed by atoms with Gasteiger partial charge in [0.2, 0.25) is 0 Å². The smallest absolute Gasteiger partial charge is 0.175 e. The summed E-state index contributed by atoms with van der Waals surface area (Å²) < 4.78 is 26.0. The molecule has 0 saturated heterocycles. The Labute approximate surface area is 176 Å². The minimum Gasteiger partial charge on any atom is -0.394 e. The molecule has 30 heavy (non-hydrogen) atoms. The number of anilines is 2. The molecular weight excluding hydrogens is 402 g/mol. The van der Waals surface area contributed by atoms with E-state index in [1.165, 1.54) is 11.3 Å². The van der Waals surface area contributed by atoms with Crippen LogP contribution in [-0.2, 0) is 28.8 Å². The highest BCUT2D eigenvalue weighted by atomic mass is 32.2. The molecule has 0 amide bonds. The van der Waals surface area contributed by atoms with Gasteiger partial charge in [0, 0.05) is 24.9 Å². The summed E-state index contributed by atoms with van der Waals surface area (Å²) in [4.78, 5) is 9.51. The molecule has 0 aliphatic heterocycles. The molecule has 4 N–H and O–H groups in total. The largest absolute Gasteiger partial charge is 0.394 e. The van der Waals surface area contributed by atoms with Crippen molar-refractivity contribution >= 4 is 21.3 Å². The van der Waals surface area contributed by atoms with Crippen molar-refractivity contribution in [1.82, 2.24) is 19.7 Å². The predicted octanol–water partition coefficient (Wildman–Crippen LogP) is 2.04. The third kappa shape index (κ3) is 4.29. The number of sulfone groups is 1. The summed E-state index contributed by atoms with van der Waals surface area (Å²) in [6.45, 7) is 6.10. The summed E-state index contributed by atoms with van der Waals surface area (Å²) in [5.41, 5.74) is 8.17. The third-order valence-electron chi connectivity index (χ3n) is 4.64. The Morgan fingerprint density at radius 3 is 2.37 bits per heavy atom. The van der Waals surface area contributed by atoms with E-state index in [-0.39, 0.29) is 16.9 Å². The van der Waals surface area contributed by atoms with E-state index in [4.69, 9.17) is 11.6 Å². The molecule has 0 aliphatic rings. The number of rotatable bonds is 5. The van der Waals surface area contributed by atoms with E-state index in [0.29, 0.717) is 28.6 Å². The van der Waals surface area contributed by atoms with Crippen LogP contribution in [0.4, 0.5) is 11.5 Å². The molecule has 2 aromatic heterocycles. The molecule has 160 valence electrons. The first-order valence-corrected chi connectivity index (χ1v) is 11.3. The van der Waals surface area contributed by atoms with Crippen molar-refractivity contribution in [3.8, 4) is 11.4 Å². The highest BCUT2D eigenvalue weighted by Gasteiger charge is 2.25. The van der Waals surface area contributed by atoms with Crippen molar-refractivity contribution < 1.29 is 8.42 Å². The number of aromatic nitrogens is 4. The Bertz CT molecular complexity index is 1180. The first-order valence-electron chi connectivity index (χ1n) is 9.36. The van der Waals surface area contributed by atoms with Gasteiger partial charge in [0.1, 0.15) is 17.2 Å².